The Balaban J connectivity index is 2.81. The zero-order valence-corrected chi connectivity index (χ0v) is 14.3. The highest BCUT2D eigenvalue weighted by Crippen LogP contribution is 2.20. The number of hydrogen-bond donors (Lipinski definition) is 2. The second-order valence-corrected chi connectivity index (χ2v) is 5.42. The van der Waals surface area contributed by atoms with E-state index in [1.807, 2.05) is 0 Å². The van der Waals surface area contributed by atoms with Gasteiger partial charge in [-0.3, -0.25) is 14.4 Å². The van der Waals surface area contributed by atoms with Gasteiger partial charge in [0.2, 0.25) is 5.91 Å². The van der Waals surface area contributed by atoms with E-state index in [-0.39, 0.29) is 12.5 Å². The fraction of sp³-hybridized carbons (Fsp3) is 0.562. The summed E-state index contributed by atoms with van der Waals surface area (Å²) in [5.74, 6) is -0.793. The highest BCUT2D eigenvalue weighted by atomic mass is 16.2. The van der Waals surface area contributed by atoms with Crippen LogP contribution in [0.1, 0.15) is 46.0 Å². The Morgan fingerprint density at radius 1 is 1.26 bits per heavy atom. The summed E-state index contributed by atoms with van der Waals surface area (Å²) in [5.41, 5.74) is 7.03. The van der Waals surface area contributed by atoms with Gasteiger partial charge in [-0.05, 0) is 32.5 Å². The lowest BCUT2D eigenvalue weighted by molar-refractivity contribution is -0.121. The summed E-state index contributed by atoms with van der Waals surface area (Å²) in [6.07, 6.45) is 0.651. The summed E-state index contributed by atoms with van der Waals surface area (Å²) < 4.78 is 1.54. The third kappa shape index (κ3) is 4.41. The first-order valence-electron chi connectivity index (χ1n) is 7.80. The molecule has 1 heterocycles. The maximum Gasteiger partial charge on any atom is 0.250 e. The normalized spacial score (nSPS) is 10.8. The van der Waals surface area contributed by atoms with Crippen LogP contribution in [0.15, 0.2) is 0 Å². The van der Waals surface area contributed by atoms with Crippen molar-refractivity contribution in [3.63, 3.8) is 0 Å². The summed E-state index contributed by atoms with van der Waals surface area (Å²) >= 11 is 0. The van der Waals surface area contributed by atoms with Crippen LogP contribution in [0.25, 0.3) is 0 Å². The van der Waals surface area contributed by atoms with Crippen molar-refractivity contribution in [3.8, 4) is 0 Å². The van der Waals surface area contributed by atoms with Gasteiger partial charge in [-0.15, -0.1) is 0 Å². The third-order valence-electron chi connectivity index (χ3n) is 4.12. The Kier molecular flexibility index (Phi) is 6.96. The number of likely N-dealkylation sites (N-methyl/N-ethyl adjacent to an activating group) is 1. The summed E-state index contributed by atoms with van der Waals surface area (Å²) in [6, 6.07) is 0. The molecule has 1 aromatic rings. The van der Waals surface area contributed by atoms with Crippen LogP contribution < -0.4 is 11.1 Å². The predicted octanol–water partition coefficient (Wildman–Crippen LogP) is 0.474. The average molecular weight is 322 g/mol. The standard InChI is InChI=1S/C16H26N4O3/c1-5-19(6-2)8-7-18-14(22)9-20-12(4)15(16(17)23)11(3)13(20)10-21/h10H,5-9H2,1-4H3,(H2,17,23)(H,18,22). The smallest absolute Gasteiger partial charge is 0.250 e. The summed E-state index contributed by atoms with van der Waals surface area (Å²) in [6.45, 7) is 10.6. The Hall–Kier alpha value is -2.15. The molecule has 2 amide bonds. The molecular weight excluding hydrogens is 296 g/mol. The largest absolute Gasteiger partial charge is 0.366 e. The number of nitrogens with one attached hydrogen (secondary N) is 1. The lowest BCUT2D eigenvalue weighted by Gasteiger charge is -2.18. The molecule has 0 atom stereocenters. The molecule has 23 heavy (non-hydrogen) atoms. The van der Waals surface area contributed by atoms with Crippen molar-refractivity contribution < 1.29 is 14.4 Å². The van der Waals surface area contributed by atoms with Gasteiger partial charge >= 0.3 is 0 Å². The number of aldehydes is 1. The lowest BCUT2D eigenvalue weighted by atomic mass is 10.1. The minimum atomic E-state index is -0.594. The zero-order valence-electron chi connectivity index (χ0n) is 14.3. The second-order valence-electron chi connectivity index (χ2n) is 5.42. The number of nitrogens with two attached hydrogens (primary N) is 1. The van der Waals surface area contributed by atoms with E-state index in [0.717, 1.165) is 19.6 Å². The molecule has 3 N–H and O–H groups in total. The van der Waals surface area contributed by atoms with Crippen LogP contribution in [0.5, 0.6) is 0 Å². The van der Waals surface area contributed by atoms with Crippen molar-refractivity contribution in [2.75, 3.05) is 26.2 Å². The van der Waals surface area contributed by atoms with Crippen molar-refractivity contribution >= 4 is 18.1 Å². The van der Waals surface area contributed by atoms with Crippen LogP contribution in [0.4, 0.5) is 0 Å². The van der Waals surface area contributed by atoms with E-state index in [1.54, 1.807) is 13.8 Å². The second kappa shape index (κ2) is 8.47. The fourth-order valence-electron chi connectivity index (χ4n) is 2.73. The molecule has 7 heteroatoms. The van der Waals surface area contributed by atoms with Gasteiger partial charge in [-0.25, -0.2) is 0 Å². The van der Waals surface area contributed by atoms with E-state index in [0.29, 0.717) is 35.3 Å². The molecule has 1 rings (SSSR count). The highest BCUT2D eigenvalue weighted by molar-refractivity contribution is 5.98. The van der Waals surface area contributed by atoms with Crippen molar-refractivity contribution in [2.24, 2.45) is 5.73 Å². The van der Waals surface area contributed by atoms with Crippen LogP contribution in [-0.2, 0) is 11.3 Å². The van der Waals surface area contributed by atoms with Gasteiger partial charge in [0.05, 0.1) is 11.3 Å². The van der Waals surface area contributed by atoms with Gasteiger partial charge in [-0.2, -0.15) is 0 Å². The third-order valence-corrected chi connectivity index (χ3v) is 4.12. The minimum absolute atomic E-state index is 0.00766. The lowest BCUT2D eigenvalue weighted by Crippen LogP contribution is -2.36. The molecule has 0 spiro atoms. The monoisotopic (exact) mass is 322 g/mol. The maximum atomic E-state index is 12.1. The summed E-state index contributed by atoms with van der Waals surface area (Å²) in [4.78, 5) is 37.1. The number of rotatable bonds is 9. The average Bonchev–Trinajstić information content (AvgIpc) is 2.74. The number of amides is 2. The van der Waals surface area contributed by atoms with Crippen molar-refractivity contribution in [3.05, 3.63) is 22.5 Å². The predicted molar refractivity (Wildman–Crippen MR) is 88.6 cm³/mol. The quantitative estimate of drug-likeness (QED) is 0.646. The summed E-state index contributed by atoms with van der Waals surface area (Å²) in [7, 11) is 0. The number of carbonyl (C=O) groups is 3. The maximum absolute atomic E-state index is 12.1. The van der Waals surface area contributed by atoms with E-state index in [9.17, 15) is 14.4 Å². The van der Waals surface area contributed by atoms with Crippen LogP contribution in [0.3, 0.4) is 0 Å². The molecule has 0 radical (unpaired) electrons. The van der Waals surface area contributed by atoms with Crippen molar-refractivity contribution in [1.82, 2.24) is 14.8 Å². The molecular formula is C16H26N4O3. The summed E-state index contributed by atoms with van der Waals surface area (Å²) in [5, 5.41) is 2.83. The van der Waals surface area contributed by atoms with Gasteiger partial charge in [-0.1, -0.05) is 13.8 Å². The Bertz CT molecular complexity index is 589. The van der Waals surface area contributed by atoms with Gasteiger partial charge in [0.1, 0.15) is 6.54 Å². The first kappa shape index (κ1) is 18.9. The van der Waals surface area contributed by atoms with E-state index in [1.165, 1.54) is 4.57 Å². The molecule has 1 aromatic heterocycles. The number of nitrogens with zero attached hydrogens (tertiary/aromatic N) is 2. The molecule has 0 aliphatic rings. The van der Waals surface area contributed by atoms with Crippen molar-refractivity contribution in [2.45, 2.75) is 34.2 Å². The van der Waals surface area contributed by atoms with E-state index in [4.69, 9.17) is 5.73 Å². The molecule has 128 valence electrons. The molecule has 7 nitrogen and oxygen atoms in total. The van der Waals surface area contributed by atoms with Crippen LogP contribution in [0.2, 0.25) is 0 Å². The fourth-order valence-corrected chi connectivity index (χ4v) is 2.73. The van der Waals surface area contributed by atoms with Gasteiger partial charge < -0.3 is 20.5 Å². The first-order chi connectivity index (χ1) is 10.9. The van der Waals surface area contributed by atoms with Crippen molar-refractivity contribution in [1.29, 1.82) is 0 Å². The molecule has 0 bridgehead atoms. The minimum Gasteiger partial charge on any atom is -0.366 e. The molecule has 0 aliphatic heterocycles. The topological polar surface area (TPSA) is 97.4 Å². The highest BCUT2D eigenvalue weighted by Gasteiger charge is 2.21. The van der Waals surface area contributed by atoms with E-state index >= 15 is 0 Å². The number of aromatic nitrogens is 1. The van der Waals surface area contributed by atoms with E-state index in [2.05, 4.69) is 24.1 Å². The molecule has 0 saturated carbocycles. The van der Waals surface area contributed by atoms with E-state index < -0.39 is 5.91 Å². The van der Waals surface area contributed by atoms with Gasteiger partial charge in [0.25, 0.3) is 5.91 Å². The number of carbonyl (C=O) groups excluding carboxylic acids is 3. The van der Waals surface area contributed by atoms with Crippen LogP contribution >= 0.6 is 0 Å². The molecule has 0 aromatic carbocycles. The Labute approximate surface area is 136 Å². The van der Waals surface area contributed by atoms with Gasteiger partial charge in [0, 0.05) is 18.8 Å². The Morgan fingerprint density at radius 3 is 2.35 bits per heavy atom. The Morgan fingerprint density at radius 2 is 1.87 bits per heavy atom. The number of hydrogen-bond acceptors (Lipinski definition) is 4. The molecule has 0 fully saturated rings. The molecule has 0 aliphatic carbocycles. The van der Waals surface area contributed by atoms with Crippen LogP contribution in [-0.4, -0.2) is 53.7 Å². The first-order valence-corrected chi connectivity index (χ1v) is 7.80. The van der Waals surface area contributed by atoms with Crippen LogP contribution in [0, 0.1) is 13.8 Å². The molecule has 0 saturated heterocycles. The van der Waals surface area contributed by atoms with Gasteiger partial charge in [0.15, 0.2) is 6.29 Å². The molecule has 0 unspecified atom stereocenters. The SMILES string of the molecule is CCN(CC)CCNC(=O)Cn1c(C)c(C(N)=O)c(C)c1C=O. The number of primary amides is 1. The zero-order chi connectivity index (χ0) is 17.6.